The first-order valence-corrected chi connectivity index (χ1v) is 5.80. The Morgan fingerprint density at radius 1 is 1.29 bits per heavy atom. The Labute approximate surface area is 117 Å². The summed E-state index contributed by atoms with van der Waals surface area (Å²) in [6.45, 7) is 2.57. The number of non-ortho nitro benzene ring substituents is 1. The van der Waals surface area contributed by atoms with Crippen molar-refractivity contribution < 1.29 is 23.7 Å². The van der Waals surface area contributed by atoms with Crippen LogP contribution in [-0.2, 0) is 9.59 Å². The molecule has 4 amide bonds. The maximum Gasteiger partial charge on any atom is 0.335 e. The Bertz CT molecular complexity index is 685. The zero-order valence-corrected chi connectivity index (χ0v) is 11.0. The van der Waals surface area contributed by atoms with Crippen molar-refractivity contribution >= 4 is 29.2 Å². The molecule has 8 nitrogen and oxygen atoms in total. The molecule has 0 aromatic heterocycles. The fourth-order valence-corrected chi connectivity index (χ4v) is 1.79. The minimum absolute atomic E-state index is 0.455. The summed E-state index contributed by atoms with van der Waals surface area (Å²) in [5.41, 5.74) is -2.53. The van der Waals surface area contributed by atoms with Gasteiger partial charge in [0.15, 0.2) is 5.82 Å². The maximum absolute atomic E-state index is 13.9. The molecule has 0 radical (unpaired) electrons. The number of halogens is 1. The average molecular weight is 295 g/mol. The van der Waals surface area contributed by atoms with E-state index in [1.54, 1.807) is 0 Å². The van der Waals surface area contributed by atoms with Crippen molar-refractivity contribution in [3.8, 4) is 0 Å². The topological polar surface area (TPSA) is 110 Å². The second-order valence-corrected chi connectivity index (χ2v) is 4.92. The summed E-state index contributed by atoms with van der Waals surface area (Å²) in [7, 11) is 0. The van der Waals surface area contributed by atoms with Crippen molar-refractivity contribution in [2.75, 3.05) is 4.90 Å². The Balaban J connectivity index is 2.50. The van der Waals surface area contributed by atoms with E-state index >= 15 is 0 Å². The number of hydrogen-bond acceptors (Lipinski definition) is 5. The number of anilines is 1. The van der Waals surface area contributed by atoms with E-state index in [0.29, 0.717) is 11.0 Å². The van der Waals surface area contributed by atoms with Gasteiger partial charge in [0.05, 0.1) is 16.7 Å². The zero-order chi connectivity index (χ0) is 15.9. The quantitative estimate of drug-likeness (QED) is 0.503. The van der Waals surface area contributed by atoms with E-state index in [0.717, 1.165) is 12.1 Å². The van der Waals surface area contributed by atoms with Crippen molar-refractivity contribution in [3.63, 3.8) is 0 Å². The summed E-state index contributed by atoms with van der Waals surface area (Å²) in [5.74, 6) is -2.82. The first-order valence-electron chi connectivity index (χ1n) is 5.80. The monoisotopic (exact) mass is 295 g/mol. The van der Waals surface area contributed by atoms with Crippen molar-refractivity contribution in [2.24, 2.45) is 5.41 Å². The molecule has 1 heterocycles. The van der Waals surface area contributed by atoms with Crippen LogP contribution in [0.15, 0.2) is 18.2 Å². The van der Waals surface area contributed by atoms with Crippen molar-refractivity contribution in [1.29, 1.82) is 0 Å². The highest BCUT2D eigenvalue weighted by molar-refractivity contribution is 6.29. The Morgan fingerprint density at radius 2 is 1.90 bits per heavy atom. The second kappa shape index (κ2) is 4.62. The second-order valence-electron chi connectivity index (χ2n) is 4.92. The Kier molecular flexibility index (Phi) is 3.20. The van der Waals surface area contributed by atoms with Gasteiger partial charge in [-0.25, -0.2) is 14.1 Å². The lowest BCUT2D eigenvalue weighted by Crippen LogP contribution is -2.62. The van der Waals surface area contributed by atoms with Gasteiger partial charge in [-0.1, -0.05) is 0 Å². The number of rotatable bonds is 2. The van der Waals surface area contributed by atoms with Gasteiger partial charge in [0.2, 0.25) is 11.8 Å². The van der Waals surface area contributed by atoms with Crippen molar-refractivity contribution in [1.82, 2.24) is 5.32 Å². The predicted molar refractivity (Wildman–Crippen MR) is 67.9 cm³/mol. The highest BCUT2D eigenvalue weighted by atomic mass is 19.1. The maximum atomic E-state index is 13.9. The molecule has 2 rings (SSSR count). The molecule has 0 spiro atoms. The van der Waals surface area contributed by atoms with Crippen LogP contribution in [0.3, 0.4) is 0 Å². The molecule has 110 valence electrons. The van der Waals surface area contributed by atoms with Gasteiger partial charge >= 0.3 is 6.03 Å². The van der Waals surface area contributed by atoms with Crippen LogP contribution in [0.2, 0.25) is 0 Å². The number of nitrogens with one attached hydrogen (secondary N) is 1. The molecular formula is C12H10FN3O5. The first kappa shape index (κ1) is 14.6. The van der Waals surface area contributed by atoms with Gasteiger partial charge in [-0.2, -0.15) is 0 Å². The summed E-state index contributed by atoms with van der Waals surface area (Å²) < 4.78 is 13.9. The molecule has 1 aliphatic rings. The number of imide groups is 2. The third-order valence-corrected chi connectivity index (χ3v) is 3.11. The molecule has 1 aromatic carbocycles. The van der Waals surface area contributed by atoms with Crippen LogP contribution >= 0.6 is 0 Å². The van der Waals surface area contributed by atoms with E-state index in [4.69, 9.17) is 0 Å². The number of amides is 4. The van der Waals surface area contributed by atoms with Gasteiger partial charge in [0, 0.05) is 6.07 Å². The SMILES string of the molecule is CC1(C)C(=O)NC(=O)N(c2ccc([N+](=O)[O-])cc2F)C1=O. The van der Waals surface area contributed by atoms with Crippen molar-refractivity contribution in [2.45, 2.75) is 13.8 Å². The first-order chi connectivity index (χ1) is 9.66. The standard InChI is InChI=1S/C12H10FN3O5/c1-12(2)9(17)14-11(19)15(10(12)18)8-4-3-6(16(20)21)5-7(8)13/h3-5H,1-2H3,(H,14,17,19). The molecule has 1 aromatic rings. The molecule has 1 aliphatic heterocycles. The lowest BCUT2D eigenvalue weighted by Gasteiger charge is -2.34. The molecule has 1 N–H and O–H groups in total. The largest absolute Gasteiger partial charge is 0.335 e. The molecule has 0 saturated carbocycles. The van der Waals surface area contributed by atoms with Crippen molar-refractivity contribution in [3.05, 3.63) is 34.1 Å². The Morgan fingerprint density at radius 3 is 2.43 bits per heavy atom. The average Bonchev–Trinajstić information content (AvgIpc) is 2.38. The summed E-state index contributed by atoms with van der Waals surface area (Å²) in [5, 5.41) is 12.5. The highest BCUT2D eigenvalue weighted by Crippen LogP contribution is 2.31. The van der Waals surface area contributed by atoms with Gasteiger partial charge in [-0.3, -0.25) is 25.0 Å². The van der Waals surface area contributed by atoms with E-state index in [-0.39, 0.29) is 0 Å². The Hall–Kier alpha value is -2.84. The summed E-state index contributed by atoms with van der Waals surface area (Å²) in [6, 6.07) is 1.40. The lowest BCUT2D eigenvalue weighted by molar-refractivity contribution is -0.385. The van der Waals surface area contributed by atoms with Gasteiger partial charge in [0.25, 0.3) is 5.69 Å². The van der Waals surface area contributed by atoms with E-state index in [1.165, 1.54) is 13.8 Å². The van der Waals surface area contributed by atoms with Crippen LogP contribution in [0.4, 0.5) is 20.6 Å². The van der Waals surface area contributed by atoms with Crippen LogP contribution < -0.4 is 10.2 Å². The predicted octanol–water partition coefficient (Wildman–Crippen LogP) is 1.34. The van der Waals surface area contributed by atoms with Gasteiger partial charge in [0.1, 0.15) is 5.41 Å². The number of nitro groups is 1. The lowest BCUT2D eigenvalue weighted by atomic mass is 9.88. The number of carbonyl (C=O) groups excluding carboxylic acids is 3. The van der Waals surface area contributed by atoms with Gasteiger partial charge < -0.3 is 0 Å². The fraction of sp³-hybridized carbons (Fsp3) is 0.250. The minimum atomic E-state index is -1.55. The number of barbiturate groups is 1. The number of nitro benzene ring substituents is 1. The zero-order valence-electron chi connectivity index (χ0n) is 11.0. The van der Waals surface area contributed by atoms with E-state index in [2.05, 4.69) is 0 Å². The van der Waals surface area contributed by atoms with Crippen LogP contribution in [-0.4, -0.2) is 22.8 Å². The number of hydrogen-bond donors (Lipinski definition) is 1. The van der Waals surface area contributed by atoms with E-state index in [1.807, 2.05) is 5.32 Å². The third-order valence-electron chi connectivity index (χ3n) is 3.11. The third kappa shape index (κ3) is 2.22. The summed E-state index contributed by atoms with van der Waals surface area (Å²) in [6.07, 6.45) is 0. The summed E-state index contributed by atoms with van der Waals surface area (Å²) in [4.78, 5) is 45.7. The molecule has 1 fully saturated rings. The summed E-state index contributed by atoms with van der Waals surface area (Å²) >= 11 is 0. The molecule has 0 atom stereocenters. The van der Waals surface area contributed by atoms with Crippen LogP contribution in [0, 0.1) is 21.3 Å². The fourth-order valence-electron chi connectivity index (χ4n) is 1.79. The van der Waals surface area contributed by atoms with Crippen LogP contribution in [0.5, 0.6) is 0 Å². The molecule has 0 bridgehead atoms. The number of nitrogens with zero attached hydrogens (tertiary/aromatic N) is 2. The smallest absolute Gasteiger partial charge is 0.276 e. The molecule has 9 heteroatoms. The molecule has 0 unspecified atom stereocenters. The van der Waals surface area contributed by atoms with Crippen LogP contribution in [0.25, 0.3) is 0 Å². The highest BCUT2D eigenvalue weighted by Gasteiger charge is 2.48. The number of benzene rings is 1. The normalized spacial score (nSPS) is 17.7. The van der Waals surface area contributed by atoms with E-state index in [9.17, 15) is 28.9 Å². The van der Waals surface area contributed by atoms with Crippen LogP contribution in [0.1, 0.15) is 13.8 Å². The van der Waals surface area contributed by atoms with Gasteiger partial charge in [-0.05, 0) is 19.9 Å². The molecule has 0 aliphatic carbocycles. The molecule has 21 heavy (non-hydrogen) atoms. The molecular weight excluding hydrogens is 285 g/mol. The number of carbonyl (C=O) groups is 3. The number of urea groups is 1. The van der Waals surface area contributed by atoms with E-state index < -0.39 is 45.4 Å². The minimum Gasteiger partial charge on any atom is -0.276 e. The van der Waals surface area contributed by atoms with Gasteiger partial charge in [-0.15, -0.1) is 0 Å². The molecule has 1 saturated heterocycles.